The van der Waals surface area contributed by atoms with Gasteiger partial charge in [-0.25, -0.2) is 9.18 Å². The molecule has 1 aromatic carbocycles. The van der Waals surface area contributed by atoms with Crippen LogP contribution in [0, 0.1) is 12.7 Å². The molecule has 0 atom stereocenters. The van der Waals surface area contributed by atoms with Crippen molar-refractivity contribution in [3.63, 3.8) is 0 Å². The lowest BCUT2D eigenvalue weighted by atomic mass is 10.0. The lowest BCUT2D eigenvalue weighted by Gasteiger charge is -2.01. The van der Waals surface area contributed by atoms with E-state index in [-0.39, 0.29) is 11.4 Å². The van der Waals surface area contributed by atoms with Gasteiger partial charge < -0.3 is 9.67 Å². The zero-order valence-corrected chi connectivity index (χ0v) is 10.9. The normalized spacial score (nSPS) is 11.2. The molecule has 102 valence electrons. The number of hydrogen-bond donors (Lipinski definition) is 2. The minimum Gasteiger partial charge on any atom is -0.478 e. The molecule has 5 nitrogen and oxygen atoms in total. The number of rotatable bonds is 2. The van der Waals surface area contributed by atoms with Gasteiger partial charge in [-0.05, 0) is 25.1 Å². The molecule has 3 rings (SSSR count). The van der Waals surface area contributed by atoms with Crippen LogP contribution in [0.4, 0.5) is 4.39 Å². The van der Waals surface area contributed by atoms with Crippen LogP contribution in [-0.2, 0) is 7.05 Å². The highest BCUT2D eigenvalue weighted by Crippen LogP contribution is 2.34. The maximum Gasteiger partial charge on any atom is 0.339 e. The van der Waals surface area contributed by atoms with Gasteiger partial charge in [0.25, 0.3) is 0 Å². The van der Waals surface area contributed by atoms with Crippen LogP contribution in [0.25, 0.3) is 22.2 Å². The van der Waals surface area contributed by atoms with E-state index in [4.69, 9.17) is 0 Å². The van der Waals surface area contributed by atoms with E-state index in [1.807, 2.05) is 18.5 Å². The van der Waals surface area contributed by atoms with E-state index >= 15 is 0 Å². The predicted octanol–water partition coefficient (Wildman–Crippen LogP) is 2.71. The van der Waals surface area contributed by atoms with E-state index in [1.165, 1.54) is 18.3 Å². The molecule has 0 aliphatic heterocycles. The second-order valence-corrected chi connectivity index (χ2v) is 4.64. The molecule has 6 heteroatoms. The molecule has 2 heterocycles. The Labute approximate surface area is 113 Å². The highest BCUT2D eigenvalue weighted by atomic mass is 19.1. The smallest absolute Gasteiger partial charge is 0.339 e. The Bertz CT molecular complexity index is 832. The number of nitrogens with zero attached hydrogens (tertiary/aromatic N) is 2. The van der Waals surface area contributed by atoms with E-state index in [0.717, 1.165) is 11.2 Å². The standard InChI is InChI=1S/C14H12FN3O2/c1-7-12(13-10(14(19)20)6-16-17-13)9-5-8(15)3-4-11(9)18(7)2/h3-6H,1-2H3,(H,16,17)(H,19,20). The molecule has 2 aromatic heterocycles. The third-order valence-electron chi connectivity index (χ3n) is 3.57. The van der Waals surface area contributed by atoms with Crippen LogP contribution >= 0.6 is 0 Å². The molecule has 2 N–H and O–H groups in total. The Hall–Kier alpha value is -2.63. The highest BCUT2D eigenvalue weighted by Gasteiger charge is 2.21. The second-order valence-electron chi connectivity index (χ2n) is 4.64. The summed E-state index contributed by atoms with van der Waals surface area (Å²) in [6.45, 7) is 1.86. The van der Waals surface area contributed by atoms with Gasteiger partial charge in [0.05, 0.1) is 11.9 Å². The first-order valence-electron chi connectivity index (χ1n) is 6.02. The molecular formula is C14H12FN3O2. The number of nitrogens with one attached hydrogen (secondary N) is 1. The van der Waals surface area contributed by atoms with Crippen molar-refractivity contribution in [1.82, 2.24) is 14.8 Å². The van der Waals surface area contributed by atoms with Crippen LogP contribution in [0.1, 0.15) is 16.1 Å². The molecule has 0 saturated heterocycles. The van der Waals surface area contributed by atoms with Gasteiger partial charge in [0.2, 0.25) is 0 Å². The van der Waals surface area contributed by atoms with Gasteiger partial charge in [0.1, 0.15) is 11.4 Å². The molecule has 0 fully saturated rings. The van der Waals surface area contributed by atoms with Crippen molar-refractivity contribution in [2.24, 2.45) is 7.05 Å². The van der Waals surface area contributed by atoms with Crippen molar-refractivity contribution in [3.8, 4) is 11.3 Å². The fourth-order valence-electron chi connectivity index (χ4n) is 2.50. The number of carboxylic acids is 1. The summed E-state index contributed by atoms with van der Waals surface area (Å²) in [5.41, 5.74) is 2.81. The largest absolute Gasteiger partial charge is 0.478 e. The summed E-state index contributed by atoms with van der Waals surface area (Å²) in [6.07, 6.45) is 1.26. The molecule has 0 aliphatic carbocycles. The van der Waals surface area contributed by atoms with E-state index in [2.05, 4.69) is 10.2 Å². The van der Waals surface area contributed by atoms with E-state index < -0.39 is 5.97 Å². The number of aromatic carboxylic acids is 1. The lowest BCUT2D eigenvalue weighted by molar-refractivity contribution is 0.0698. The Morgan fingerprint density at radius 2 is 2.20 bits per heavy atom. The SMILES string of the molecule is Cc1c(-c2[nH]ncc2C(=O)O)c2cc(F)ccc2n1C. The van der Waals surface area contributed by atoms with Crippen molar-refractivity contribution < 1.29 is 14.3 Å². The summed E-state index contributed by atoms with van der Waals surface area (Å²) in [7, 11) is 1.86. The first kappa shape index (κ1) is 12.4. The van der Waals surface area contributed by atoms with Gasteiger partial charge in [-0.3, -0.25) is 5.10 Å². The minimum atomic E-state index is -1.07. The topological polar surface area (TPSA) is 70.9 Å². The van der Waals surface area contributed by atoms with Gasteiger partial charge in [-0.1, -0.05) is 0 Å². The maximum absolute atomic E-state index is 13.5. The van der Waals surface area contributed by atoms with Gasteiger partial charge in [-0.15, -0.1) is 0 Å². The Morgan fingerprint density at radius 3 is 2.90 bits per heavy atom. The molecule has 0 unspecified atom stereocenters. The van der Waals surface area contributed by atoms with Gasteiger partial charge in [0, 0.05) is 29.2 Å². The molecular weight excluding hydrogens is 261 g/mol. The Balaban J connectivity index is 2.41. The number of benzene rings is 1. The number of aromatic nitrogens is 3. The number of carbonyl (C=O) groups is 1. The van der Waals surface area contributed by atoms with Crippen molar-refractivity contribution in [2.75, 3.05) is 0 Å². The fraction of sp³-hybridized carbons (Fsp3) is 0.143. The Morgan fingerprint density at radius 1 is 1.45 bits per heavy atom. The summed E-state index contributed by atoms with van der Waals surface area (Å²) in [6, 6.07) is 4.47. The number of aromatic amines is 1. The van der Waals surface area contributed by atoms with Crippen molar-refractivity contribution in [2.45, 2.75) is 6.92 Å². The molecule has 0 bridgehead atoms. The van der Waals surface area contributed by atoms with Crippen LogP contribution in [-0.4, -0.2) is 25.8 Å². The third-order valence-corrected chi connectivity index (χ3v) is 3.57. The molecule has 0 saturated carbocycles. The quantitative estimate of drug-likeness (QED) is 0.754. The summed E-state index contributed by atoms with van der Waals surface area (Å²) < 4.78 is 15.4. The van der Waals surface area contributed by atoms with Crippen LogP contribution in [0.2, 0.25) is 0 Å². The number of halogens is 1. The molecule has 0 aliphatic rings. The first-order chi connectivity index (χ1) is 9.50. The van der Waals surface area contributed by atoms with E-state index in [9.17, 15) is 14.3 Å². The number of carboxylic acid groups (broad SMARTS) is 1. The van der Waals surface area contributed by atoms with E-state index in [0.29, 0.717) is 16.6 Å². The fourth-order valence-corrected chi connectivity index (χ4v) is 2.50. The summed E-state index contributed by atoms with van der Waals surface area (Å²) >= 11 is 0. The van der Waals surface area contributed by atoms with Gasteiger partial charge in [0.15, 0.2) is 0 Å². The van der Waals surface area contributed by atoms with Crippen molar-refractivity contribution >= 4 is 16.9 Å². The average molecular weight is 273 g/mol. The number of aryl methyl sites for hydroxylation is 1. The number of H-pyrrole nitrogens is 1. The van der Waals surface area contributed by atoms with Crippen LogP contribution in [0.5, 0.6) is 0 Å². The van der Waals surface area contributed by atoms with Gasteiger partial charge >= 0.3 is 5.97 Å². The summed E-state index contributed by atoms with van der Waals surface area (Å²) in [5, 5.41) is 16.4. The number of fused-ring (bicyclic) bond motifs is 1. The van der Waals surface area contributed by atoms with Crippen molar-refractivity contribution in [1.29, 1.82) is 0 Å². The number of hydrogen-bond acceptors (Lipinski definition) is 2. The molecule has 0 radical (unpaired) electrons. The predicted molar refractivity (Wildman–Crippen MR) is 72.2 cm³/mol. The van der Waals surface area contributed by atoms with Crippen molar-refractivity contribution in [3.05, 3.63) is 41.5 Å². The molecule has 0 amide bonds. The monoisotopic (exact) mass is 273 g/mol. The van der Waals surface area contributed by atoms with Crippen LogP contribution in [0.15, 0.2) is 24.4 Å². The Kier molecular flexibility index (Phi) is 2.60. The summed E-state index contributed by atoms with van der Waals surface area (Å²) in [4.78, 5) is 11.2. The van der Waals surface area contributed by atoms with Crippen LogP contribution < -0.4 is 0 Å². The summed E-state index contributed by atoms with van der Waals surface area (Å²) in [5.74, 6) is -1.43. The highest BCUT2D eigenvalue weighted by molar-refractivity contribution is 6.03. The average Bonchev–Trinajstić information content (AvgIpc) is 2.95. The zero-order chi connectivity index (χ0) is 14.4. The minimum absolute atomic E-state index is 0.0739. The van der Waals surface area contributed by atoms with E-state index in [1.54, 1.807) is 6.07 Å². The third kappa shape index (κ3) is 1.61. The second kappa shape index (κ2) is 4.19. The lowest BCUT2D eigenvalue weighted by Crippen LogP contribution is -1.98. The van der Waals surface area contributed by atoms with Crippen LogP contribution in [0.3, 0.4) is 0 Å². The first-order valence-corrected chi connectivity index (χ1v) is 6.02. The molecule has 3 aromatic rings. The molecule has 0 spiro atoms. The zero-order valence-electron chi connectivity index (χ0n) is 10.9. The maximum atomic E-state index is 13.5. The molecule has 20 heavy (non-hydrogen) atoms. The van der Waals surface area contributed by atoms with Gasteiger partial charge in [-0.2, -0.15) is 5.10 Å².